The summed E-state index contributed by atoms with van der Waals surface area (Å²) in [4.78, 5) is 3.93. The first kappa shape index (κ1) is 7.21. The van der Waals surface area contributed by atoms with Crippen LogP contribution in [0.1, 0.15) is 6.42 Å². The molecule has 12 heavy (non-hydrogen) atoms. The summed E-state index contributed by atoms with van der Waals surface area (Å²) < 4.78 is 12.2. The van der Waals surface area contributed by atoms with Crippen molar-refractivity contribution in [2.45, 2.75) is 19.3 Å². The predicted octanol–water partition coefficient (Wildman–Crippen LogP) is 1.12. The van der Waals surface area contributed by atoms with E-state index in [1.165, 1.54) is 0 Å². The molecule has 0 aliphatic carbocycles. The highest BCUT2D eigenvalue weighted by atomic mass is 16.7. The molecule has 4 nitrogen and oxygen atoms in total. The van der Waals surface area contributed by atoms with Crippen molar-refractivity contribution in [3.05, 3.63) is 31.2 Å². The first-order valence-electron chi connectivity index (χ1n) is 3.87. The number of hydrogen-bond donors (Lipinski definition) is 0. The second kappa shape index (κ2) is 3.30. The maximum atomic E-state index is 5.11. The highest BCUT2D eigenvalue weighted by Gasteiger charge is 2.11. The Kier molecular flexibility index (Phi) is 1.98. The van der Waals surface area contributed by atoms with Crippen LogP contribution < -0.4 is 0 Å². The van der Waals surface area contributed by atoms with Gasteiger partial charge in [-0.05, 0) is 0 Å². The minimum Gasteiger partial charge on any atom is -0.459 e. The van der Waals surface area contributed by atoms with Crippen LogP contribution in [0.4, 0.5) is 0 Å². The lowest BCUT2D eigenvalue weighted by atomic mass is 10.4. The van der Waals surface area contributed by atoms with Crippen LogP contribution in [0.2, 0.25) is 0 Å². The molecule has 0 fully saturated rings. The van der Waals surface area contributed by atoms with Gasteiger partial charge in [-0.15, -0.1) is 0 Å². The summed E-state index contributed by atoms with van der Waals surface area (Å²) in [6.07, 6.45) is 9.31. The van der Waals surface area contributed by atoms with E-state index in [1.807, 2.05) is 10.8 Å². The molecule has 0 amide bonds. The van der Waals surface area contributed by atoms with Crippen molar-refractivity contribution in [3.63, 3.8) is 0 Å². The van der Waals surface area contributed by atoms with Gasteiger partial charge in [0.2, 0.25) is 6.29 Å². The monoisotopic (exact) mass is 166 g/mol. The van der Waals surface area contributed by atoms with Gasteiger partial charge in [-0.25, -0.2) is 4.98 Å². The van der Waals surface area contributed by atoms with Crippen LogP contribution in [0.25, 0.3) is 0 Å². The molecule has 0 radical (unpaired) electrons. The van der Waals surface area contributed by atoms with Crippen molar-refractivity contribution in [1.29, 1.82) is 0 Å². The third-order valence-corrected chi connectivity index (χ3v) is 1.70. The molecule has 0 saturated carbocycles. The Balaban J connectivity index is 1.75. The van der Waals surface area contributed by atoms with Crippen LogP contribution in [-0.2, 0) is 16.0 Å². The molecule has 4 heteroatoms. The molecule has 0 aromatic carbocycles. The number of nitrogens with zero attached hydrogens (tertiary/aromatic N) is 2. The minimum atomic E-state index is -0.118. The Hall–Kier alpha value is -1.45. The molecule has 0 bridgehead atoms. The fourth-order valence-corrected chi connectivity index (χ4v) is 1.08. The van der Waals surface area contributed by atoms with Gasteiger partial charge in [0, 0.05) is 25.4 Å². The summed E-state index contributed by atoms with van der Waals surface area (Å²) in [5.74, 6) is 0. The lowest BCUT2D eigenvalue weighted by molar-refractivity contribution is -0.0306. The average molecular weight is 166 g/mol. The third kappa shape index (κ3) is 1.58. The lowest BCUT2D eigenvalue weighted by Gasteiger charge is -2.09. The minimum absolute atomic E-state index is 0.118. The van der Waals surface area contributed by atoms with E-state index in [2.05, 4.69) is 4.98 Å². The summed E-state index contributed by atoms with van der Waals surface area (Å²) in [6.45, 7) is 0.867. The molecule has 0 saturated heterocycles. The Morgan fingerprint density at radius 2 is 2.17 bits per heavy atom. The molecular weight excluding hydrogens is 156 g/mol. The summed E-state index contributed by atoms with van der Waals surface area (Å²) in [5, 5.41) is 0. The van der Waals surface area contributed by atoms with Gasteiger partial charge in [0.15, 0.2) is 0 Å². The van der Waals surface area contributed by atoms with Gasteiger partial charge < -0.3 is 14.0 Å². The molecule has 2 heterocycles. The molecule has 0 N–H and O–H groups in total. The van der Waals surface area contributed by atoms with E-state index in [1.54, 1.807) is 25.0 Å². The summed E-state index contributed by atoms with van der Waals surface area (Å²) >= 11 is 0. The molecule has 0 spiro atoms. The first-order chi connectivity index (χ1) is 5.95. The molecule has 0 unspecified atom stereocenters. The van der Waals surface area contributed by atoms with Crippen LogP contribution in [-0.4, -0.2) is 15.8 Å². The van der Waals surface area contributed by atoms with E-state index in [9.17, 15) is 0 Å². The molecule has 1 aliphatic rings. The van der Waals surface area contributed by atoms with E-state index in [4.69, 9.17) is 9.47 Å². The Bertz CT molecular complexity index is 248. The van der Waals surface area contributed by atoms with Gasteiger partial charge >= 0.3 is 0 Å². The molecule has 64 valence electrons. The van der Waals surface area contributed by atoms with Gasteiger partial charge in [0.1, 0.15) is 12.5 Å². The van der Waals surface area contributed by atoms with Crippen LogP contribution in [0, 0.1) is 0 Å². The van der Waals surface area contributed by atoms with Crippen LogP contribution in [0.15, 0.2) is 31.2 Å². The molecule has 1 aliphatic heterocycles. The van der Waals surface area contributed by atoms with E-state index in [0.717, 1.165) is 13.0 Å². The number of aryl methyl sites for hydroxylation is 1. The average Bonchev–Trinajstić information content (AvgIpc) is 2.74. The van der Waals surface area contributed by atoms with E-state index in [0.29, 0.717) is 0 Å². The van der Waals surface area contributed by atoms with Crippen molar-refractivity contribution in [2.24, 2.45) is 0 Å². The Labute approximate surface area is 70.4 Å². The number of hydrogen-bond acceptors (Lipinski definition) is 3. The highest BCUT2D eigenvalue weighted by Crippen LogP contribution is 2.09. The van der Waals surface area contributed by atoms with Gasteiger partial charge in [0.05, 0.1) is 6.33 Å². The molecule has 1 aromatic rings. The molecule has 1 aromatic heterocycles. The maximum absolute atomic E-state index is 5.11. The standard InChI is InChI=1S/C8H10N2O2/c1(8-11-5-6-12-8)3-10-4-2-9-7-10/h2,4-8H,1,3H2. The zero-order valence-corrected chi connectivity index (χ0v) is 6.59. The summed E-state index contributed by atoms with van der Waals surface area (Å²) in [7, 11) is 0. The summed E-state index contributed by atoms with van der Waals surface area (Å²) in [5.41, 5.74) is 0. The smallest absolute Gasteiger partial charge is 0.241 e. The highest BCUT2D eigenvalue weighted by molar-refractivity contribution is 4.75. The quantitative estimate of drug-likeness (QED) is 0.675. The van der Waals surface area contributed by atoms with E-state index >= 15 is 0 Å². The van der Waals surface area contributed by atoms with Crippen LogP contribution in [0.3, 0.4) is 0 Å². The Morgan fingerprint density at radius 1 is 1.33 bits per heavy atom. The normalized spacial score (nSPS) is 16.0. The van der Waals surface area contributed by atoms with Crippen molar-refractivity contribution in [1.82, 2.24) is 9.55 Å². The largest absolute Gasteiger partial charge is 0.459 e. The van der Waals surface area contributed by atoms with Crippen LogP contribution in [0.5, 0.6) is 0 Å². The lowest BCUT2D eigenvalue weighted by Crippen LogP contribution is -2.10. The number of aromatic nitrogens is 2. The molecular formula is C8H10N2O2. The Morgan fingerprint density at radius 3 is 2.83 bits per heavy atom. The van der Waals surface area contributed by atoms with E-state index < -0.39 is 0 Å². The predicted molar refractivity (Wildman–Crippen MR) is 41.9 cm³/mol. The number of imidazole rings is 1. The van der Waals surface area contributed by atoms with E-state index in [-0.39, 0.29) is 6.29 Å². The fourth-order valence-electron chi connectivity index (χ4n) is 1.08. The topological polar surface area (TPSA) is 36.3 Å². The maximum Gasteiger partial charge on any atom is 0.241 e. The second-order valence-corrected chi connectivity index (χ2v) is 2.56. The van der Waals surface area contributed by atoms with Crippen molar-refractivity contribution in [3.8, 4) is 0 Å². The van der Waals surface area contributed by atoms with Gasteiger partial charge in [-0.3, -0.25) is 0 Å². The van der Waals surface area contributed by atoms with Crippen molar-refractivity contribution < 1.29 is 9.47 Å². The number of ether oxygens (including phenoxy) is 2. The van der Waals surface area contributed by atoms with Crippen LogP contribution >= 0.6 is 0 Å². The fraction of sp³-hybridized carbons (Fsp3) is 0.375. The second-order valence-electron chi connectivity index (χ2n) is 2.56. The first-order valence-corrected chi connectivity index (χ1v) is 3.87. The van der Waals surface area contributed by atoms with Gasteiger partial charge in [0.25, 0.3) is 0 Å². The van der Waals surface area contributed by atoms with Gasteiger partial charge in [-0.2, -0.15) is 0 Å². The SMILES string of the molecule is C1=COC(CCn2ccnc2)O1. The van der Waals surface area contributed by atoms with Crippen molar-refractivity contribution >= 4 is 0 Å². The van der Waals surface area contributed by atoms with Gasteiger partial charge in [-0.1, -0.05) is 0 Å². The zero-order valence-electron chi connectivity index (χ0n) is 6.59. The summed E-state index contributed by atoms with van der Waals surface area (Å²) in [6, 6.07) is 0. The van der Waals surface area contributed by atoms with Crippen molar-refractivity contribution in [2.75, 3.05) is 0 Å². The third-order valence-electron chi connectivity index (χ3n) is 1.70. The zero-order chi connectivity index (χ0) is 8.23. The number of rotatable bonds is 3. The molecule has 0 atom stereocenters. The molecule has 2 rings (SSSR count).